The Morgan fingerprint density at radius 2 is 1.89 bits per heavy atom. The molecule has 0 saturated heterocycles. The lowest BCUT2D eigenvalue weighted by atomic mass is 9.92. The lowest BCUT2D eigenvalue weighted by Crippen LogP contribution is -2.41. The fraction of sp³-hybridized carbons (Fsp3) is 0.500. The first-order valence-corrected chi connectivity index (χ1v) is 6.05. The summed E-state index contributed by atoms with van der Waals surface area (Å²) in [7, 11) is 3.31. The van der Waals surface area contributed by atoms with Gasteiger partial charge in [0.05, 0.1) is 12.5 Å². The van der Waals surface area contributed by atoms with E-state index >= 15 is 0 Å². The Balaban J connectivity index is 2.43. The van der Waals surface area contributed by atoms with Crippen molar-refractivity contribution in [1.82, 2.24) is 10.6 Å². The predicted octanol–water partition coefficient (Wildman–Crippen LogP) is 1.56. The molecule has 1 amide bonds. The van der Waals surface area contributed by atoms with Gasteiger partial charge in [0.25, 0.3) is 0 Å². The van der Waals surface area contributed by atoms with Gasteiger partial charge in [0.2, 0.25) is 5.91 Å². The van der Waals surface area contributed by atoms with Gasteiger partial charge in [0.15, 0.2) is 0 Å². The Bertz CT molecular complexity index is 385. The first-order valence-electron chi connectivity index (χ1n) is 6.05. The number of amides is 1. The maximum absolute atomic E-state index is 11.6. The normalized spacial score (nSPS) is 11.1. The zero-order valence-corrected chi connectivity index (χ0v) is 11.5. The highest BCUT2D eigenvalue weighted by Gasteiger charge is 2.25. The van der Waals surface area contributed by atoms with Crippen molar-refractivity contribution in [3.05, 3.63) is 29.8 Å². The summed E-state index contributed by atoms with van der Waals surface area (Å²) < 4.78 is 5.10. The van der Waals surface area contributed by atoms with Crippen LogP contribution in [0.25, 0.3) is 0 Å². The highest BCUT2D eigenvalue weighted by Crippen LogP contribution is 2.14. The summed E-state index contributed by atoms with van der Waals surface area (Å²) in [5, 5.41) is 5.97. The van der Waals surface area contributed by atoms with E-state index in [1.807, 2.05) is 38.1 Å². The first-order chi connectivity index (χ1) is 8.49. The molecule has 1 aromatic carbocycles. The molecule has 4 heteroatoms. The van der Waals surface area contributed by atoms with Crippen LogP contribution < -0.4 is 15.4 Å². The molecule has 0 fully saturated rings. The smallest absolute Gasteiger partial charge is 0.226 e. The second-order valence-electron chi connectivity index (χ2n) is 4.91. The Morgan fingerprint density at radius 1 is 1.28 bits per heavy atom. The standard InChI is InChI=1S/C14H22N2O2/c1-14(2,13(17)15-3)10-16-9-11-5-7-12(18-4)8-6-11/h5-8,16H,9-10H2,1-4H3,(H,15,17). The molecule has 1 rings (SSSR count). The van der Waals surface area contributed by atoms with Crippen molar-refractivity contribution in [3.8, 4) is 5.75 Å². The third-order valence-corrected chi connectivity index (χ3v) is 2.90. The van der Waals surface area contributed by atoms with Crippen molar-refractivity contribution in [2.24, 2.45) is 5.41 Å². The summed E-state index contributed by atoms with van der Waals surface area (Å²) in [6.07, 6.45) is 0. The van der Waals surface area contributed by atoms with E-state index in [-0.39, 0.29) is 5.91 Å². The van der Waals surface area contributed by atoms with Crippen LogP contribution in [0, 0.1) is 5.41 Å². The number of nitrogens with one attached hydrogen (secondary N) is 2. The molecule has 0 radical (unpaired) electrons. The van der Waals surface area contributed by atoms with Gasteiger partial charge >= 0.3 is 0 Å². The first kappa shape index (κ1) is 14.5. The zero-order chi connectivity index (χ0) is 13.6. The van der Waals surface area contributed by atoms with Crippen molar-refractivity contribution in [1.29, 1.82) is 0 Å². The highest BCUT2D eigenvalue weighted by atomic mass is 16.5. The van der Waals surface area contributed by atoms with Crippen molar-refractivity contribution >= 4 is 5.91 Å². The van der Waals surface area contributed by atoms with Gasteiger partial charge in [0.1, 0.15) is 5.75 Å². The average molecular weight is 250 g/mol. The molecule has 0 aliphatic rings. The van der Waals surface area contributed by atoms with Crippen molar-refractivity contribution in [3.63, 3.8) is 0 Å². The van der Waals surface area contributed by atoms with E-state index in [1.165, 1.54) is 5.56 Å². The van der Waals surface area contributed by atoms with E-state index < -0.39 is 5.41 Å². The van der Waals surface area contributed by atoms with Crippen LogP contribution >= 0.6 is 0 Å². The molecule has 100 valence electrons. The van der Waals surface area contributed by atoms with Gasteiger partial charge in [-0.15, -0.1) is 0 Å². The van der Waals surface area contributed by atoms with Crippen LogP contribution in [-0.2, 0) is 11.3 Å². The van der Waals surface area contributed by atoms with Crippen LogP contribution in [0.4, 0.5) is 0 Å². The van der Waals surface area contributed by atoms with Gasteiger partial charge in [-0.3, -0.25) is 4.79 Å². The van der Waals surface area contributed by atoms with Gasteiger partial charge in [-0.05, 0) is 31.5 Å². The van der Waals surface area contributed by atoms with Crippen LogP contribution in [0.5, 0.6) is 5.75 Å². The quantitative estimate of drug-likeness (QED) is 0.805. The summed E-state index contributed by atoms with van der Waals surface area (Å²) >= 11 is 0. The fourth-order valence-electron chi connectivity index (χ4n) is 1.68. The van der Waals surface area contributed by atoms with Gasteiger partial charge in [-0.2, -0.15) is 0 Å². The number of methoxy groups -OCH3 is 1. The second kappa shape index (κ2) is 6.40. The molecule has 0 atom stereocenters. The maximum atomic E-state index is 11.6. The van der Waals surface area contributed by atoms with Crippen molar-refractivity contribution < 1.29 is 9.53 Å². The molecular formula is C14H22N2O2. The van der Waals surface area contributed by atoms with Gasteiger partial charge in [0, 0.05) is 20.1 Å². The lowest BCUT2D eigenvalue weighted by Gasteiger charge is -2.22. The number of carbonyl (C=O) groups excluding carboxylic acids is 1. The van der Waals surface area contributed by atoms with Crippen molar-refractivity contribution in [2.75, 3.05) is 20.7 Å². The molecular weight excluding hydrogens is 228 g/mol. The second-order valence-corrected chi connectivity index (χ2v) is 4.91. The molecule has 0 heterocycles. The summed E-state index contributed by atoms with van der Waals surface area (Å²) in [5.74, 6) is 0.897. The third kappa shape index (κ3) is 4.04. The molecule has 18 heavy (non-hydrogen) atoms. The summed E-state index contributed by atoms with van der Waals surface area (Å²) in [6.45, 7) is 5.23. The van der Waals surface area contributed by atoms with Crippen LogP contribution in [0.15, 0.2) is 24.3 Å². The predicted molar refractivity (Wildman–Crippen MR) is 72.5 cm³/mol. The van der Waals surface area contributed by atoms with Gasteiger partial charge < -0.3 is 15.4 Å². The Hall–Kier alpha value is -1.55. The van der Waals surface area contributed by atoms with Crippen LogP contribution in [0.1, 0.15) is 19.4 Å². The van der Waals surface area contributed by atoms with E-state index in [0.29, 0.717) is 6.54 Å². The average Bonchev–Trinajstić information content (AvgIpc) is 2.38. The Morgan fingerprint density at radius 3 is 2.39 bits per heavy atom. The van der Waals surface area contributed by atoms with Crippen LogP contribution in [0.3, 0.4) is 0 Å². The molecule has 0 saturated carbocycles. The molecule has 2 N–H and O–H groups in total. The minimum absolute atomic E-state index is 0.0460. The van der Waals surface area contributed by atoms with Crippen molar-refractivity contribution in [2.45, 2.75) is 20.4 Å². The van der Waals surface area contributed by atoms with E-state index in [0.717, 1.165) is 12.3 Å². The molecule has 0 aromatic heterocycles. The molecule has 0 unspecified atom stereocenters. The van der Waals surface area contributed by atoms with Crippen LogP contribution in [-0.4, -0.2) is 26.6 Å². The maximum Gasteiger partial charge on any atom is 0.226 e. The molecule has 0 spiro atoms. The lowest BCUT2D eigenvalue weighted by molar-refractivity contribution is -0.128. The number of carbonyl (C=O) groups is 1. The Kier molecular flexibility index (Phi) is 5.16. The Labute approximate surface area is 109 Å². The topological polar surface area (TPSA) is 50.4 Å². The number of ether oxygens (including phenoxy) is 1. The highest BCUT2D eigenvalue weighted by molar-refractivity contribution is 5.81. The number of hydrogen-bond donors (Lipinski definition) is 2. The minimum atomic E-state index is -0.402. The van der Waals surface area contributed by atoms with E-state index in [1.54, 1.807) is 14.2 Å². The van der Waals surface area contributed by atoms with Gasteiger partial charge in [-0.1, -0.05) is 12.1 Å². The number of benzene rings is 1. The molecule has 0 aliphatic carbocycles. The fourth-order valence-corrected chi connectivity index (χ4v) is 1.68. The van der Waals surface area contributed by atoms with E-state index in [2.05, 4.69) is 10.6 Å². The zero-order valence-electron chi connectivity index (χ0n) is 11.5. The summed E-state index contributed by atoms with van der Waals surface area (Å²) in [4.78, 5) is 11.6. The summed E-state index contributed by atoms with van der Waals surface area (Å²) in [6, 6.07) is 7.89. The van der Waals surface area contributed by atoms with Gasteiger partial charge in [-0.25, -0.2) is 0 Å². The monoisotopic (exact) mass is 250 g/mol. The van der Waals surface area contributed by atoms with E-state index in [9.17, 15) is 4.79 Å². The minimum Gasteiger partial charge on any atom is -0.497 e. The van der Waals surface area contributed by atoms with Crippen LogP contribution in [0.2, 0.25) is 0 Å². The molecule has 0 aliphatic heterocycles. The third-order valence-electron chi connectivity index (χ3n) is 2.90. The molecule has 1 aromatic rings. The number of hydrogen-bond acceptors (Lipinski definition) is 3. The van der Waals surface area contributed by atoms with E-state index in [4.69, 9.17) is 4.74 Å². The molecule has 0 bridgehead atoms. The summed E-state index contributed by atoms with van der Waals surface area (Å²) in [5.41, 5.74) is 0.768. The SMILES string of the molecule is CNC(=O)C(C)(C)CNCc1ccc(OC)cc1. The number of rotatable bonds is 6. The molecule has 4 nitrogen and oxygen atoms in total. The largest absolute Gasteiger partial charge is 0.497 e.